The Morgan fingerprint density at radius 1 is 1.38 bits per heavy atom. The van der Waals surface area contributed by atoms with E-state index in [-0.39, 0.29) is 6.61 Å². The van der Waals surface area contributed by atoms with E-state index < -0.39 is 5.60 Å². The van der Waals surface area contributed by atoms with Crippen molar-refractivity contribution in [3.05, 3.63) is 0 Å². The van der Waals surface area contributed by atoms with E-state index in [2.05, 4.69) is 12.2 Å². The van der Waals surface area contributed by atoms with E-state index in [0.29, 0.717) is 6.04 Å². The summed E-state index contributed by atoms with van der Waals surface area (Å²) < 4.78 is 0. The van der Waals surface area contributed by atoms with Crippen molar-refractivity contribution < 1.29 is 15.5 Å². The second-order valence-electron chi connectivity index (χ2n) is 4.43. The predicted molar refractivity (Wildman–Crippen MR) is 53.5 cm³/mol. The molecule has 4 N–H and O–H groups in total. The molecule has 0 unspecified atom stereocenters. The summed E-state index contributed by atoms with van der Waals surface area (Å²) in [6.45, 7) is 6.86. The van der Waals surface area contributed by atoms with Gasteiger partial charge >= 0.3 is 0 Å². The molecule has 0 spiro atoms. The van der Waals surface area contributed by atoms with Gasteiger partial charge < -0.3 is 15.5 Å². The highest BCUT2D eigenvalue weighted by Gasteiger charge is 2.13. The molecular formula is C10H24NO2+. The van der Waals surface area contributed by atoms with E-state index in [4.69, 9.17) is 5.11 Å². The number of nitrogens with two attached hydrogens (primary N) is 1. The van der Waals surface area contributed by atoms with Gasteiger partial charge in [-0.3, -0.25) is 0 Å². The first-order valence-electron chi connectivity index (χ1n) is 5.12. The Balaban J connectivity index is 3.31. The van der Waals surface area contributed by atoms with E-state index in [0.717, 1.165) is 25.8 Å². The van der Waals surface area contributed by atoms with E-state index in [9.17, 15) is 5.11 Å². The smallest absolute Gasteiger partial charge is 0.0992 e. The highest BCUT2D eigenvalue weighted by molar-refractivity contribution is 4.65. The summed E-state index contributed by atoms with van der Waals surface area (Å²) in [5.41, 5.74) is -0.531. The van der Waals surface area contributed by atoms with Crippen molar-refractivity contribution >= 4 is 0 Å². The number of hydrogen-bond acceptors (Lipinski definition) is 2. The quantitative estimate of drug-likeness (QED) is 0.524. The summed E-state index contributed by atoms with van der Waals surface area (Å²) in [5.74, 6) is 0. The van der Waals surface area contributed by atoms with Crippen LogP contribution >= 0.6 is 0 Å². The Hall–Kier alpha value is -0.120. The molecule has 0 aromatic heterocycles. The Kier molecular flexibility index (Phi) is 6.29. The summed E-state index contributed by atoms with van der Waals surface area (Å²) in [4.78, 5) is 0. The number of aliphatic hydroxyl groups is 2. The van der Waals surface area contributed by atoms with Crippen LogP contribution in [0.2, 0.25) is 0 Å². The third-order valence-corrected chi connectivity index (χ3v) is 2.15. The molecule has 80 valence electrons. The van der Waals surface area contributed by atoms with Crippen LogP contribution in [0, 0.1) is 0 Å². The molecule has 0 amide bonds. The molecule has 0 saturated heterocycles. The molecule has 0 heterocycles. The molecule has 3 nitrogen and oxygen atoms in total. The van der Waals surface area contributed by atoms with E-state index in [1.54, 1.807) is 0 Å². The van der Waals surface area contributed by atoms with Gasteiger partial charge in [0.05, 0.1) is 24.8 Å². The molecule has 0 bridgehead atoms. The standard InChI is InChI=1S/C10H23NO2/c1-9(11-7-8-12)5-4-6-10(2,3)13/h9,11-13H,4-8H2,1-3H3/p+1/t9-/m1/s1. The number of quaternary nitrogens is 1. The molecule has 0 rings (SSSR count). The van der Waals surface area contributed by atoms with Crippen molar-refractivity contribution in [2.24, 2.45) is 0 Å². The lowest BCUT2D eigenvalue weighted by Crippen LogP contribution is -2.90. The van der Waals surface area contributed by atoms with Crippen molar-refractivity contribution in [3.8, 4) is 0 Å². The van der Waals surface area contributed by atoms with Crippen LogP contribution in [0.1, 0.15) is 40.0 Å². The zero-order chi connectivity index (χ0) is 10.3. The number of hydrogen-bond donors (Lipinski definition) is 3. The molecule has 0 aromatic rings. The average Bonchev–Trinajstić information content (AvgIpc) is 1.98. The SMILES string of the molecule is C[C@H](CCCC(C)(C)O)[NH2+]CCO. The first-order chi connectivity index (χ1) is 5.95. The lowest BCUT2D eigenvalue weighted by molar-refractivity contribution is -0.687. The minimum Gasteiger partial charge on any atom is -0.391 e. The summed E-state index contributed by atoms with van der Waals surface area (Å²) in [6, 6.07) is 0.550. The number of aliphatic hydroxyl groups excluding tert-OH is 1. The fourth-order valence-electron chi connectivity index (χ4n) is 1.33. The topological polar surface area (TPSA) is 57.1 Å². The predicted octanol–water partition coefficient (Wildman–Crippen LogP) is -0.128. The zero-order valence-electron chi connectivity index (χ0n) is 9.08. The monoisotopic (exact) mass is 190 g/mol. The largest absolute Gasteiger partial charge is 0.391 e. The Morgan fingerprint density at radius 3 is 2.46 bits per heavy atom. The van der Waals surface area contributed by atoms with Gasteiger partial charge in [-0.1, -0.05) is 0 Å². The maximum Gasteiger partial charge on any atom is 0.0992 e. The second-order valence-corrected chi connectivity index (χ2v) is 4.43. The van der Waals surface area contributed by atoms with Gasteiger partial charge in [-0.2, -0.15) is 0 Å². The Labute approximate surface area is 81.2 Å². The Bertz CT molecular complexity index is 121. The van der Waals surface area contributed by atoms with Gasteiger partial charge in [0.1, 0.15) is 0 Å². The zero-order valence-corrected chi connectivity index (χ0v) is 9.08. The van der Waals surface area contributed by atoms with Crippen molar-refractivity contribution in [2.75, 3.05) is 13.2 Å². The van der Waals surface area contributed by atoms with Gasteiger partial charge in [0.2, 0.25) is 0 Å². The third kappa shape index (κ3) is 9.80. The van der Waals surface area contributed by atoms with Crippen LogP contribution < -0.4 is 5.32 Å². The molecule has 0 aliphatic carbocycles. The highest BCUT2D eigenvalue weighted by Crippen LogP contribution is 2.12. The molecule has 0 radical (unpaired) electrons. The maximum atomic E-state index is 9.46. The molecule has 0 aliphatic rings. The molecular weight excluding hydrogens is 166 g/mol. The maximum absolute atomic E-state index is 9.46. The van der Waals surface area contributed by atoms with Gasteiger partial charge in [0, 0.05) is 0 Å². The van der Waals surface area contributed by atoms with Crippen LogP contribution in [-0.4, -0.2) is 35.0 Å². The number of rotatable bonds is 7. The lowest BCUT2D eigenvalue weighted by atomic mass is 10.00. The summed E-state index contributed by atoms with van der Waals surface area (Å²) in [6.07, 6.45) is 3.00. The van der Waals surface area contributed by atoms with E-state index in [1.807, 2.05) is 13.8 Å². The molecule has 0 saturated carbocycles. The van der Waals surface area contributed by atoms with Gasteiger partial charge in [0.15, 0.2) is 0 Å². The fourth-order valence-corrected chi connectivity index (χ4v) is 1.33. The molecule has 3 heteroatoms. The van der Waals surface area contributed by atoms with Crippen LogP contribution in [0.25, 0.3) is 0 Å². The van der Waals surface area contributed by atoms with Crippen molar-refractivity contribution in [2.45, 2.75) is 51.7 Å². The molecule has 13 heavy (non-hydrogen) atoms. The molecule has 0 aromatic carbocycles. The second kappa shape index (κ2) is 6.35. The first kappa shape index (κ1) is 12.9. The van der Waals surface area contributed by atoms with Crippen molar-refractivity contribution in [3.63, 3.8) is 0 Å². The summed E-state index contributed by atoms with van der Waals surface area (Å²) >= 11 is 0. The molecule has 1 atom stereocenters. The molecule has 0 aliphatic heterocycles. The summed E-state index contributed by atoms with van der Waals surface area (Å²) in [5, 5.41) is 20.2. The van der Waals surface area contributed by atoms with Gasteiger partial charge in [0.25, 0.3) is 0 Å². The van der Waals surface area contributed by atoms with Crippen molar-refractivity contribution in [1.82, 2.24) is 0 Å². The van der Waals surface area contributed by atoms with Crippen LogP contribution in [0.3, 0.4) is 0 Å². The van der Waals surface area contributed by atoms with Crippen LogP contribution in [0.4, 0.5) is 0 Å². The lowest BCUT2D eigenvalue weighted by Gasteiger charge is -2.17. The van der Waals surface area contributed by atoms with Gasteiger partial charge in [-0.25, -0.2) is 0 Å². The van der Waals surface area contributed by atoms with E-state index >= 15 is 0 Å². The van der Waals surface area contributed by atoms with Gasteiger partial charge in [-0.05, 0) is 40.0 Å². The minimum absolute atomic E-state index is 0.246. The Morgan fingerprint density at radius 2 is 2.00 bits per heavy atom. The average molecular weight is 190 g/mol. The van der Waals surface area contributed by atoms with Gasteiger partial charge in [-0.15, -0.1) is 0 Å². The minimum atomic E-state index is -0.531. The summed E-state index contributed by atoms with van der Waals surface area (Å²) in [7, 11) is 0. The first-order valence-corrected chi connectivity index (χ1v) is 5.12. The normalized spacial score (nSPS) is 14.5. The van der Waals surface area contributed by atoms with Crippen LogP contribution in [-0.2, 0) is 0 Å². The highest BCUT2D eigenvalue weighted by atomic mass is 16.3. The van der Waals surface area contributed by atoms with Crippen LogP contribution in [0.15, 0.2) is 0 Å². The van der Waals surface area contributed by atoms with Crippen molar-refractivity contribution in [1.29, 1.82) is 0 Å². The van der Waals surface area contributed by atoms with E-state index in [1.165, 1.54) is 0 Å². The fraction of sp³-hybridized carbons (Fsp3) is 1.00. The third-order valence-electron chi connectivity index (χ3n) is 2.15. The molecule has 0 fully saturated rings. The van der Waals surface area contributed by atoms with Crippen LogP contribution in [0.5, 0.6) is 0 Å².